The Labute approximate surface area is 218 Å². The molecule has 0 atom stereocenters. The number of halogens is 2. The van der Waals surface area contributed by atoms with E-state index in [-0.39, 0.29) is 13.2 Å². The van der Waals surface area contributed by atoms with Crippen LogP contribution in [0.5, 0.6) is 0 Å². The largest absolute Gasteiger partial charge is 0.462 e. The summed E-state index contributed by atoms with van der Waals surface area (Å²) in [6.07, 6.45) is 0. The van der Waals surface area contributed by atoms with Crippen LogP contribution >= 0.6 is 46.8 Å². The second-order valence-corrected chi connectivity index (χ2v) is 9.88. The van der Waals surface area contributed by atoms with Crippen LogP contribution < -0.4 is 5.32 Å². The van der Waals surface area contributed by atoms with Gasteiger partial charge in [-0.25, -0.2) is 9.59 Å². The Balaban J connectivity index is 1.67. The lowest BCUT2D eigenvalue weighted by molar-refractivity contribution is 0.0527. The summed E-state index contributed by atoms with van der Waals surface area (Å²) in [6.45, 7) is 9.40. The van der Waals surface area contributed by atoms with E-state index in [1.165, 1.54) is 0 Å². The third-order valence-electron chi connectivity index (χ3n) is 5.38. The van der Waals surface area contributed by atoms with Gasteiger partial charge in [0.1, 0.15) is 9.88 Å². The van der Waals surface area contributed by atoms with Gasteiger partial charge in [0.05, 0.1) is 18.8 Å². The van der Waals surface area contributed by atoms with Crippen molar-refractivity contribution >= 4 is 68.8 Å². The number of thiocarbonyl (C=S) groups is 1. The van der Waals surface area contributed by atoms with Crippen LogP contribution in [0.25, 0.3) is 0 Å². The molecule has 0 radical (unpaired) electrons. The van der Waals surface area contributed by atoms with E-state index in [1.807, 2.05) is 17.0 Å². The van der Waals surface area contributed by atoms with E-state index >= 15 is 0 Å². The summed E-state index contributed by atoms with van der Waals surface area (Å²) in [6, 6.07) is 5.54. The molecule has 0 amide bonds. The van der Waals surface area contributed by atoms with E-state index < -0.39 is 11.9 Å². The van der Waals surface area contributed by atoms with E-state index in [1.54, 1.807) is 26.8 Å². The highest BCUT2D eigenvalue weighted by atomic mass is 35.5. The summed E-state index contributed by atoms with van der Waals surface area (Å²) < 4.78 is 10.3. The number of benzene rings is 1. The molecule has 34 heavy (non-hydrogen) atoms. The van der Waals surface area contributed by atoms with Crippen LogP contribution in [0.15, 0.2) is 18.2 Å². The minimum Gasteiger partial charge on any atom is -0.462 e. The van der Waals surface area contributed by atoms with Gasteiger partial charge in [0.2, 0.25) is 0 Å². The standard InChI is InChI=1S/C23H27Cl2N3O4S2/c1-4-31-21(29)18-14(3)19(22(30)32-5-2)34-20(18)26-23(33)28-10-8-27(9-11-28)13-15-6-7-16(24)12-17(15)25/h6-7,12H,4-5,8-11,13H2,1-3H3,(H,26,33). The van der Waals surface area contributed by atoms with Crippen LogP contribution in [-0.2, 0) is 16.0 Å². The Morgan fingerprint density at radius 1 is 1.09 bits per heavy atom. The van der Waals surface area contributed by atoms with Crippen LogP contribution in [0.1, 0.15) is 45.0 Å². The number of hydrogen-bond donors (Lipinski definition) is 1. The maximum atomic E-state index is 12.6. The first kappa shape index (κ1) is 26.7. The van der Waals surface area contributed by atoms with Gasteiger partial charge in [0.25, 0.3) is 0 Å². The number of ether oxygens (including phenoxy) is 2. The number of rotatable bonds is 7. The summed E-state index contributed by atoms with van der Waals surface area (Å²) in [5.74, 6) is -0.967. The van der Waals surface area contributed by atoms with Gasteiger partial charge in [0, 0.05) is 42.8 Å². The number of thiophene rings is 1. The Kier molecular flexibility index (Phi) is 9.56. The number of nitrogens with zero attached hydrogens (tertiary/aromatic N) is 2. The Hall–Kier alpha value is -1.91. The first-order valence-electron chi connectivity index (χ1n) is 10.9. The average Bonchev–Trinajstić information content (AvgIpc) is 3.12. The van der Waals surface area contributed by atoms with Crippen molar-refractivity contribution in [1.82, 2.24) is 9.80 Å². The molecule has 2 heterocycles. The zero-order valence-corrected chi connectivity index (χ0v) is 22.4. The van der Waals surface area contributed by atoms with Crippen LogP contribution in [-0.4, -0.2) is 66.2 Å². The van der Waals surface area contributed by atoms with Gasteiger partial charge in [0.15, 0.2) is 5.11 Å². The van der Waals surface area contributed by atoms with E-state index in [9.17, 15) is 9.59 Å². The third-order valence-corrected chi connectivity index (χ3v) is 7.51. The molecular formula is C23H27Cl2N3O4S2. The Morgan fingerprint density at radius 3 is 2.35 bits per heavy atom. The maximum absolute atomic E-state index is 12.6. The van der Waals surface area contributed by atoms with Gasteiger partial charge in [-0.2, -0.15) is 0 Å². The predicted octanol–water partition coefficient (Wildman–Crippen LogP) is 5.23. The van der Waals surface area contributed by atoms with Crippen LogP contribution in [0.3, 0.4) is 0 Å². The fraction of sp³-hybridized carbons (Fsp3) is 0.435. The third kappa shape index (κ3) is 6.40. The minimum atomic E-state index is -0.498. The number of piperazine rings is 1. The first-order chi connectivity index (χ1) is 16.2. The molecule has 1 fully saturated rings. The summed E-state index contributed by atoms with van der Waals surface area (Å²) in [7, 11) is 0. The highest BCUT2D eigenvalue weighted by Crippen LogP contribution is 2.34. The number of anilines is 1. The molecule has 11 heteroatoms. The molecule has 7 nitrogen and oxygen atoms in total. The molecule has 0 unspecified atom stereocenters. The van der Waals surface area contributed by atoms with Gasteiger partial charge in [-0.15, -0.1) is 11.3 Å². The van der Waals surface area contributed by atoms with Crippen LogP contribution in [0.4, 0.5) is 5.00 Å². The zero-order chi connectivity index (χ0) is 24.8. The molecule has 1 aliphatic heterocycles. The Bertz CT molecular complexity index is 1070. The molecule has 1 aromatic heterocycles. The lowest BCUT2D eigenvalue weighted by Gasteiger charge is -2.36. The molecule has 2 aromatic rings. The summed E-state index contributed by atoms with van der Waals surface area (Å²) in [4.78, 5) is 29.7. The predicted molar refractivity (Wildman–Crippen MR) is 141 cm³/mol. The average molecular weight is 545 g/mol. The van der Waals surface area contributed by atoms with Gasteiger partial charge < -0.3 is 19.7 Å². The number of carbonyl (C=O) groups excluding carboxylic acids is 2. The van der Waals surface area contributed by atoms with Crippen molar-refractivity contribution in [3.05, 3.63) is 49.8 Å². The summed E-state index contributed by atoms with van der Waals surface area (Å²) in [5.41, 5.74) is 1.87. The smallest absolute Gasteiger partial charge is 0.348 e. The molecule has 184 valence electrons. The van der Waals surface area contributed by atoms with E-state index in [0.717, 1.165) is 36.5 Å². The minimum absolute atomic E-state index is 0.229. The van der Waals surface area contributed by atoms with E-state index in [0.29, 0.717) is 49.3 Å². The fourth-order valence-electron chi connectivity index (χ4n) is 3.62. The van der Waals surface area contributed by atoms with Crippen molar-refractivity contribution in [2.75, 3.05) is 44.7 Å². The van der Waals surface area contributed by atoms with Gasteiger partial charge in [-0.05, 0) is 56.2 Å². The van der Waals surface area contributed by atoms with Crippen molar-refractivity contribution in [3.8, 4) is 0 Å². The topological polar surface area (TPSA) is 71.1 Å². The summed E-state index contributed by atoms with van der Waals surface area (Å²) >= 11 is 19.1. The normalized spacial score (nSPS) is 14.1. The molecular weight excluding hydrogens is 517 g/mol. The quantitative estimate of drug-likeness (QED) is 0.376. The van der Waals surface area contributed by atoms with Gasteiger partial charge in [-0.1, -0.05) is 29.3 Å². The highest BCUT2D eigenvalue weighted by molar-refractivity contribution is 7.80. The molecule has 0 saturated carbocycles. The molecule has 1 N–H and O–H groups in total. The maximum Gasteiger partial charge on any atom is 0.348 e. The molecule has 0 aliphatic carbocycles. The first-order valence-corrected chi connectivity index (χ1v) is 12.9. The lowest BCUT2D eigenvalue weighted by atomic mass is 10.1. The number of nitrogens with one attached hydrogen (secondary N) is 1. The lowest BCUT2D eigenvalue weighted by Crippen LogP contribution is -2.49. The molecule has 1 saturated heterocycles. The van der Waals surface area contributed by atoms with E-state index in [4.69, 9.17) is 44.9 Å². The summed E-state index contributed by atoms with van der Waals surface area (Å²) in [5, 5.41) is 5.42. The monoisotopic (exact) mass is 543 g/mol. The highest BCUT2D eigenvalue weighted by Gasteiger charge is 2.28. The van der Waals surface area contributed by atoms with Crippen LogP contribution in [0.2, 0.25) is 10.0 Å². The van der Waals surface area contributed by atoms with Gasteiger partial charge in [-0.3, -0.25) is 4.90 Å². The number of esters is 2. The molecule has 1 aromatic carbocycles. The van der Waals surface area contributed by atoms with Crippen molar-refractivity contribution in [1.29, 1.82) is 0 Å². The molecule has 3 rings (SSSR count). The van der Waals surface area contributed by atoms with E-state index in [2.05, 4.69) is 10.2 Å². The van der Waals surface area contributed by atoms with Crippen LogP contribution in [0, 0.1) is 6.92 Å². The zero-order valence-electron chi connectivity index (χ0n) is 19.3. The van der Waals surface area contributed by atoms with Gasteiger partial charge >= 0.3 is 11.9 Å². The molecule has 1 aliphatic rings. The molecule has 0 bridgehead atoms. The fourth-order valence-corrected chi connectivity index (χ4v) is 5.52. The number of carbonyl (C=O) groups is 2. The SMILES string of the molecule is CCOC(=O)c1sc(NC(=S)N2CCN(Cc3ccc(Cl)cc3Cl)CC2)c(C(=O)OCC)c1C. The van der Waals surface area contributed by atoms with Crippen molar-refractivity contribution in [3.63, 3.8) is 0 Å². The van der Waals surface area contributed by atoms with Crippen molar-refractivity contribution < 1.29 is 19.1 Å². The van der Waals surface area contributed by atoms with Crippen molar-refractivity contribution in [2.45, 2.75) is 27.3 Å². The molecule has 0 spiro atoms. The second kappa shape index (κ2) is 12.2. The van der Waals surface area contributed by atoms with Crippen molar-refractivity contribution in [2.24, 2.45) is 0 Å². The second-order valence-electron chi connectivity index (χ2n) is 7.63. The Morgan fingerprint density at radius 2 is 1.74 bits per heavy atom. The number of hydrogen-bond acceptors (Lipinski definition) is 7.